The molecule has 0 spiro atoms. The van der Waals surface area contributed by atoms with Crippen LogP contribution in [0.4, 0.5) is 0 Å². The Balaban J connectivity index is 1.47. The SMILES string of the molecule is C[C@H](NC(=O)COC(=O)C1CCN(S(=O)(=O)c2ccc(C#N)cc2)CC1)C1CC1. The molecule has 1 aliphatic carbocycles. The summed E-state index contributed by atoms with van der Waals surface area (Å²) in [6.45, 7) is 2.04. The van der Waals surface area contributed by atoms with Crippen molar-refractivity contribution in [2.24, 2.45) is 11.8 Å². The molecule has 1 saturated heterocycles. The second kappa shape index (κ2) is 8.93. The minimum Gasteiger partial charge on any atom is -0.455 e. The second-order valence-electron chi connectivity index (χ2n) is 7.62. The maximum atomic E-state index is 12.7. The van der Waals surface area contributed by atoms with Crippen LogP contribution in [0.5, 0.6) is 0 Å². The molecule has 2 aliphatic rings. The number of carbonyl (C=O) groups excluding carboxylic acids is 2. The summed E-state index contributed by atoms with van der Waals surface area (Å²) in [5.74, 6) is -0.665. The van der Waals surface area contributed by atoms with E-state index in [1.54, 1.807) is 0 Å². The van der Waals surface area contributed by atoms with Gasteiger partial charge in [0.1, 0.15) is 0 Å². The van der Waals surface area contributed by atoms with Crippen molar-refractivity contribution >= 4 is 21.9 Å². The van der Waals surface area contributed by atoms with Crippen LogP contribution in [0, 0.1) is 23.2 Å². The lowest BCUT2D eigenvalue weighted by atomic mass is 9.98. The molecule has 3 rings (SSSR count). The van der Waals surface area contributed by atoms with Gasteiger partial charge >= 0.3 is 5.97 Å². The van der Waals surface area contributed by atoms with E-state index >= 15 is 0 Å². The number of ether oxygens (including phenoxy) is 1. The Labute approximate surface area is 170 Å². The number of amides is 1. The van der Waals surface area contributed by atoms with Crippen LogP contribution in [0.15, 0.2) is 29.2 Å². The molecular formula is C20H25N3O5S. The van der Waals surface area contributed by atoms with E-state index < -0.39 is 21.9 Å². The Kier molecular flexibility index (Phi) is 6.55. The molecule has 1 heterocycles. The standard InChI is InChI=1S/C20H25N3O5S/c1-14(16-4-5-16)22-19(24)13-28-20(25)17-8-10-23(11-9-17)29(26,27)18-6-2-15(12-21)3-7-18/h2-3,6-7,14,16-17H,4-5,8-11,13H2,1H3,(H,22,24)/t14-/m0/s1. The lowest BCUT2D eigenvalue weighted by molar-refractivity contribution is -0.153. The van der Waals surface area contributed by atoms with Crippen LogP contribution >= 0.6 is 0 Å². The first kappa shape index (κ1) is 21.3. The number of nitriles is 1. The number of hydrogen-bond acceptors (Lipinski definition) is 6. The Bertz CT molecular complexity index is 895. The van der Waals surface area contributed by atoms with Gasteiger partial charge in [0.25, 0.3) is 5.91 Å². The smallest absolute Gasteiger partial charge is 0.309 e. The highest BCUT2D eigenvalue weighted by Gasteiger charge is 2.33. The number of piperidine rings is 1. The zero-order valence-electron chi connectivity index (χ0n) is 16.3. The predicted octanol–water partition coefficient (Wildman–Crippen LogP) is 1.42. The number of nitrogens with zero attached hydrogens (tertiary/aromatic N) is 2. The van der Waals surface area contributed by atoms with Crippen molar-refractivity contribution in [3.63, 3.8) is 0 Å². The van der Waals surface area contributed by atoms with Crippen molar-refractivity contribution in [3.8, 4) is 6.07 Å². The van der Waals surface area contributed by atoms with E-state index in [2.05, 4.69) is 5.32 Å². The van der Waals surface area contributed by atoms with E-state index in [-0.39, 0.29) is 36.5 Å². The van der Waals surface area contributed by atoms with Crippen molar-refractivity contribution in [3.05, 3.63) is 29.8 Å². The Hall–Kier alpha value is -2.44. The molecule has 1 aromatic carbocycles. The van der Waals surface area contributed by atoms with Crippen LogP contribution < -0.4 is 5.32 Å². The normalized spacial score (nSPS) is 19.2. The van der Waals surface area contributed by atoms with Crippen LogP contribution in [0.1, 0.15) is 38.2 Å². The number of esters is 1. The molecule has 0 bridgehead atoms. The molecule has 0 radical (unpaired) electrons. The van der Waals surface area contributed by atoms with Crippen LogP contribution in [-0.4, -0.2) is 50.3 Å². The molecule has 1 aromatic rings. The molecule has 0 aromatic heterocycles. The number of carbonyl (C=O) groups is 2. The van der Waals surface area contributed by atoms with Gasteiger partial charge in [0.2, 0.25) is 10.0 Å². The first-order valence-corrected chi connectivity index (χ1v) is 11.2. The molecule has 1 N–H and O–H groups in total. The third-order valence-electron chi connectivity index (χ3n) is 5.47. The van der Waals surface area contributed by atoms with E-state index in [0.29, 0.717) is 24.3 Å². The first-order chi connectivity index (χ1) is 13.8. The van der Waals surface area contributed by atoms with E-state index in [1.807, 2.05) is 13.0 Å². The minimum atomic E-state index is -3.67. The number of hydrogen-bond donors (Lipinski definition) is 1. The Morgan fingerprint density at radius 3 is 2.38 bits per heavy atom. The van der Waals surface area contributed by atoms with Crippen molar-refractivity contribution in [1.29, 1.82) is 5.26 Å². The van der Waals surface area contributed by atoms with Gasteiger partial charge in [-0.25, -0.2) is 8.42 Å². The molecule has 1 aliphatic heterocycles. The van der Waals surface area contributed by atoms with Gasteiger partial charge in [-0.2, -0.15) is 9.57 Å². The fourth-order valence-corrected chi connectivity index (χ4v) is 4.92. The molecule has 8 nitrogen and oxygen atoms in total. The fourth-order valence-electron chi connectivity index (χ4n) is 3.45. The quantitative estimate of drug-likeness (QED) is 0.668. The van der Waals surface area contributed by atoms with Crippen molar-refractivity contribution in [1.82, 2.24) is 9.62 Å². The lowest BCUT2D eigenvalue weighted by Gasteiger charge is -2.30. The molecule has 1 atom stereocenters. The second-order valence-corrected chi connectivity index (χ2v) is 9.55. The summed E-state index contributed by atoms with van der Waals surface area (Å²) in [5, 5.41) is 11.7. The van der Waals surface area contributed by atoms with Crippen LogP contribution in [0.3, 0.4) is 0 Å². The summed E-state index contributed by atoms with van der Waals surface area (Å²) in [7, 11) is -3.67. The van der Waals surface area contributed by atoms with Gasteiger partial charge in [-0.15, -0.1) is 0 Å². The van der Waals surface area contributed by atoms with Gasteiger partial charge in [-0.3, -0.25) is 9.59 Å². The summed E-state index contributed by atoms with van der Waals surface area (Å²) in [6, 6.07) is 7.80. The van der Waals surface area contributed by atoms with Gasteiger partial charge in [-0.1, -0.05) is 0 Å². The van der Waals surface area contributed by atoms with Crippen LogP contribution in [0.25, 0.3) is 0 Å². The monoisotopic (exact) mass is 419 g/mol. The molecule has 156 valence electrons. The number of benzene rings is 1. The Morgan fingerprint density at radius 1 is 1.21 bits per heavy atom. The summed E-state index contributed by atoms with van der Waals surface area (Å²) >= 11 is 0. The maximum absolute atomic E-state index is 12.7. The van der Waals surface area contributed by atoms with E-state index in [9.17, 15) is 18.0 Å². The van der Waals surface area contributed by atoms with Crippen molar-refractivity contribution < 1.29 is 22.7 Å². The van der Waals surface area contributed by atoms with Crippen LogP contribution in [-0.2, 0) is 24.3 Å². The maximum Gasteiger partial charge on any atom is 0.309 e. The number of sulfonamides is 1. The number of rotatable bonds is 7. The number of nitrogens with one attached hydrogen (secondary N) is 1. The van der Waals surface area contributed by atoms with E-state index in [4.69, 9.17) is 10.00 Å². The molecule has 29 heavy (non-hydrogen) atoms. The highest BCUT2D eigenvalue weighted by Crippen LogP contribution is 2.32. The Morgan fingerprint density at radius 2 is 1.83 bits per heavy atom. The van der Waals surface area contributed by atoms with Gasteiger partial charge in [0.05, 0.1) is 22.4 Å². The highest BCUT2D eigenvalue weighted by atomic mass is 32.2. The van der Waals surface area contributed by atoms with Crippen molar-refractivity contribution in [2.75, 3.05) is 19.7 Å². The van der Waals surface area contributed by atoms with E-state index in [0.717, 1.165) is 12.8 Å². The first-order valence-electron chi connectivity index (χ1n) is 9.77. The van der Waals surface area contributed by atoms with Gasteiger partial charge in [0.15, 0.2) is 6.61 Å². The average Bonchev–Trinajstić information content (AvgIpc) is 3.57. The third kappa shape index (κ3) is 5.34. The van der Waals surface area contributed by atoms with E-state index in [1.165, 1.54) is 28.6 Å². The zero-order chi connectivity index (χ0) is 21.0. The summed E-state index contributed by atoms with van der Waals surface area (Å²) < 4.78 is 31.9. The molecule has 1 saturated carbocycles. The van der Waals surface area contributed by atoms with Crippen molar-refractivity contribution in [2.45, 2.75) is 43.5 Å². The highest BCUT2D eigenvalue weighted by molar-refractivity contribution is 7.89. The molecule has 9 heteroatoms. The van der Waals surface area contributed by atoms with Crippen LogP contribution in [0.2, 0.25) is 0 Å². The summed E-state index contributed by atoms with van der Waals surface area (Å²) in [5.41, 5.74) is 0.390. The molecule has 0 unspecified atom stereocenters. The largest absolute Gasteiger partial charge is 0.455 e. The van der Waals surface area contributed by atoms with Gasteiger partial charge in [0, 0.05) is 19.1 Å². The summed E-state index contributed by atoms with van der Waals surface area (Å²) in [4.78, 5) is 24.2. The fraction of sp³-hybridized carbons (Fsp3) is 0.550. The van der Waals surface area contributed by atoms with Gasteiger partial charge < -0.3 is 10.1 Å². The third-order valence-corrected chi connectivity index (χ3v) is 7.38. The lowest BCUT2D eigenvalue weighted by Crippen LogP contribution is -2.41. The van der Waals surface area contributed by atoms with Gasteiger partial charge in [-0.05, 0) is 62.8 Å². The predicted molar refractivity (Wildman–Crippen MR) is 104 cm³/mol. The zero-order valence-corrected chi connectivity index (χ0v) is 17.2. The summed E-state index contributed by atoms with van der Waals surface area (Å²) in [6.07, 6.45) is 2.92. The average molecular weight is 420 g/mol. The molecule has 1 amide bonds. The molecular weight excluding hydrogens is 394 g/mol. The molecule has 2 fully saturated rings. The minimum absolute atomic E-state index is 0.0943. The topological polar surface area (TPSA) is 117 Å².